The van der Waals surface area contributed by atoms with E-state index in [9.17, 15) is 26.3 Å². The fraction of sp³-hybridized carbons (Fsp3) is 0.458. The zero-order valence-corrected chi connectivity index (χ0v) is 21.0. The van der Waals surface area contributed by atoms with Crippen molar-refractivity contribution in [3.8, 4) is 23.1 Å². The number of halogens is 7. The second-order valence-corrected chi connectivity index (χ2v) is 9.26. The molecule has 3 aromatic rings. The molecule has 1 aliphatic rings. The highest BCUT2D eigenvalue weighted by molar-refractivity contribution is 5.96. The summed E-state index contributed by atoms with van der Waals surface area (Å²) in [4.78, 5) is 11.7. The van der Waals surface area contributed by atoms with Crippen molar-refractivity contribution in [3.05, 3.63) is 28.8 Å². The lowest BCUT2D eigenvalue weighted by Gasteiger charge is -2.23. The van der Waals surface area contributed by atoms with Gasteiger partial charge < -0.3 is 25.8 Å². The van der Waals surface area contributed by atoms with Gasteiger partial charge in [0.2, 0.25) is 5.88 Å². The molecule has 0 saturated heterocycles. The van der Waals surface area contributed by atoms with Gasteiger partial charge in [-0.15, -0.1) is 0 Å². The average Bonchev–Trinajstić information content (AvgIpc) is 2.81. The lowest BCUT2D eigenvalue weighted by molar-refractivity contribution is -0.137. The van der Waals surface area contributed by atoms with E-state index in [1.807, 2.05) is 6.92 Å². The van der Waals surface area contributed by atoms with Crippen molar-refractivity contribution in [1.29, 1.82) is 0 Å². The van der Waals surface area contributed by atoms with Crippen molar-refractivity contribution < 1.29 is 40.2 Å². The zero-order valence-electron chi connectivity index (χ0n) is 21.0. The summed E-state index contributed by atoms with van der Waals surface area (Å²) >= 11 is 0. The molecule has 8 nitrogen and oxygen atoms in total. The third-order valence-corrected chi connectivity index (χ3v) is 6.13. The fourth-order valence-electron chi connectivity index (χ4n) is 4.52. The first-order valence-corrected chi connectivity index (χ1v) is 11.9. The monoisotopic (exact) mass is 562 g/mol. The maximum absolute atomic E-state index is 16.1. The number of benzene rings is 1. The lowest BCUT2D eigenvalue weighted by Crippen LogP contribution is -2.30. The van der Waals surface area contributed by atoms with Crippen molar-refractivity contribution in [3.63, 3.8) is 0 Å². The Labute approximate surface area is 218 Å². The van der Waals surface area contributed by atoms with Gasteiger partial charge in [-0.1, -0.05) is 6.92 Å². The predicted molar refractivity (Wildman–Crippen MR) is 129 cm³/mol. The molecular weight excluding hydrogens is 537 g/mol. The van der Waals surface area contributed by atoms with Crippen LogP contribution in [0.15, 0.2) is 6.07 Å². The van der Waals surface area contributed by atoms with Crippen LogP contribution in [0.4, 0.5) is 42.2 Å². The number of nitrogens with one attached hydrogen (secondary N) is 2. The van der Waals surface area contributed by atoms with E-state index in [0.29, 0.717) is 25.6 Å². The second-order valence-electron chi connectivity index (χ2n) is 9.26. The first-order valence-electron chi connectivity index (χ1n) is 11.9. The van der Waals surface area contributed by atoms with E-state index >= 15 is 4.39 Å². The van der Waals surface area contributed by atoms with E-state index in [1.54, 1.807) is 6.92 Å². The summed E-state index contributed by atoms with van der Waals surface area (Å²) in [5.41, 5.74) is 0.0609. The van der Waals surface area contributed by atoms with Crippen molar-refractivity contribution in [1.82, 2.24) is 20.3 Å². The number of nitrogens with zero attached hydrogens (tertiary/aromatic N) is 3. The van der Waals surface area contributed by atoms with Gasteiger partial charge in [-0.05, 0) is 44.4 Å². The van der Waals surface area contributed by atoms with Crippen LogP contribution in [0.25, 0.3) is 22.2 Å². The van der Waals surface area contributed by atoms with Crippen molar-refractivity contribution in [2.45, 2.75) is 46.1 Å². The highest BCUT2D eigenvalue weighted by Crippen LogP contribution is 2.44. The largest absolute Gasteiger partial charge is 0.474 e. The minimum absolute atomic E-state index is 0.115. The van der Waals surface area contributed by atoms with Gasteiger partial charge >= 0.3 is 18.8 Å². The Balaban J connectivity index is 2.08. The summed E-state index contributed by atoms with van der Waals surface area (Å²) < 4.78 is 109. The van der Waals surface area contributed by atoms with Crippen LogP contribution < -0.4 is 25.8 Å². The van der Waals surface area contributed by atoms with E-state index in [-0.39, 0.29) is 29.5 Å². The molecule has 1 aliphatic heterocycles. The first-order chi connectivity index (χ1) is 18.3. The average molecular weight is 562 g/mol. The van der Waals surface area contributed by atoms with Crippen molar-refractivity contribution >= 4 is 22.4 Å². The van der Waals surface area contributed by atoms with E-state index in [2.05, 4.69) is 30.3 Å². The number of ether oxygens (including phenoxy) is 2. The summed E-state index contributed by atoms with van der Waals surface area (Å²) in [6.45, 7) is 2.34. The summed E-state index contributed by atoms with van der Waals surface area (Å²) in [6.07, 6.45) is -5.22. The molecule has 3 heterocycles. The number of rotatable bonds is 3. The predicted octanol–water partition coefficient (Wildman–Crippen LogP) is 5.29. The molecule has 1 unspecified atom stereocenters. The number of alkyl halides is 5. The number of nitrogens with two attached hydrogens (primary N) is 1. The normalized spacial score (nSPS) is 18.7. The van der Waals surface area contributed by atoms with E-state index in [0.717, 1.165) is 6.92 Å². The molecule has 0 radical (unpaired) electrons. The molecule has 0 aliphatic carbocycles. The molecule has 212 valence electrons. The number of aromatic nitrogens is 3. The summed E-state index contributed by atoms with van der Waals surface area (Å²) in [6, 6.07) is -0.326. The third-order valence-electron chi connectivity index (χ3n) is 6.13. The minimum Gasteiger partial charge on any atom is -0.474 e. The molecule has 0 saturated carbocycles. The Morgan fingerprint density at radius 2 is 1.82 bits per heavy atom. The van der Waals surface area contributed by atoms with Crippen LogP contribution in [-0.2, 0) is 6.18 Å². The number of pyridine rings is 1. The van der Waals surface area contributed by atoms with Gasteiger partial charge in [0.15, 0.2) is 5.82 Å². The van der Waals surface area contributed by atoms with E-state index in [4.69, 9.17) is 10.5 Å². The molecule has 1 aromatic carbocycles. The molecular formula is C24H25F7N6O2. The minimum atomic E-state index is -5.13. The number of hydrogen-bond donors (Lipinski definition) is 3. The van der Waals surface area contributed by atoms with Crippen molar-refractivity contribution in [2.75, 3.05) is 30.7 Å². The Hall–Kier alpha value is -3.62. The van der Waals surface area contributed by atoms with Crippen LogP contribution in [0.3, 0.4) is 0 Å². The lowest BCUT2D eigenvalue weighted by atomic mass is 9.96. The highest BCUT2D eigenvalue weighted by Gasteiger charge is 2.39. The molecule has 2 atom stereocenters. The third kappa shape index (κ3) is 5.87. The smallest absolute Gasteiger partial charge is 0.417 e. The standard InChI is InChI=1S/C24H25F7N6O2/c1-9-6-10(2)38-21-14-19(36-23(39-22(27)28)37-20(14)34-5-4-33-8-9)17(26)18(35-21)12-7-13(32)16(25)11(3)15(12)24(29,30)31/h7,9-10,22,33H,4-6,8,32H2,1-3H3,(H,34,36,37)/t9?,10-/m0/s1. The zero-order chi connectivity index (χ0) is 28.6. The summed E-state index contributed by atoms with van der Waals surface area (Å²) in [5, 5.41) is 5.87. The summed E-state index contributed by atoms with van der Waals surface area (Å²) in [7, 11) is 0. The topological polar surface area (TPSA) is 107 Å². The molecule has 39 heavy (non-hydrogen) atoms. The van der Waals surface area contributed by atoms with Gasteiger partial charge in [0, 0.05) is 18.7 Å². The van der Waals surface area contributed by atoms with Crippen LogP contribution >= 0.6 is 0 Å². The van der Waals surface area contributed by atoms with Gasteiger partial charge in [-0.2, -0.15) is 31.9 Å². The van der Waals surface area contributed by atoms with Gasteiger partial charge in [0.25, 0.3) is 0 Å². The Bertz CT molecular complexity index is 1390. The number of hydrogen-bond acceptors (Lipinski definition) is 8. The first kappa shape index (κ1) is 28.4. The van der Waals surface area contributed by atoms with Gasteiger partial charge in [-0.25, -0.2) is 13.8 Å². The van der Waals surface area contributed by atoms with Gasteiger partial charge in [0.1, 0.15) is 28.2 Å². The maximum Gasteiger partial charge on any atom is 0.417 e. The van der Waals surface area contributed by atoms with Crippen LogP contribution in [0.5, 0.6) is 11.9 Å². The molecule has 15 heteroatoms. The SMILES string of the molecule is Cc1c(F)c(N)cc(-c2nc3c4c(nc(OC(F)F)nc4c2F)NCCNCC(C)C[C@H](C)O3)c1C(F)(F)F. The van der Waals surface area contributed by atoms with Crippen molar-refractivity contribution in [2.24, 2.45) is 5.92 Å². The maximum atomic E-state index is 16.1. The number of anilines is 2. The molecule has 2 aromatic heterocycles. The fourth-order valence-corrected chi connectivity index (χ4v) is 4.52. The van der Waals surface area contributed by atoms with E-state index < -0.39 is 70.1 Å². The molecule has 0 bridgehead atoms. The Morgan fingerprint density at radius 1 is 1.10 bits per heavy atom. The van der Waals surface area contributed by atoms with Crippen LogP contribution in [0.1, 0.15) is 31.4 Å². The van der Waals surface area contributed by atoms with Crippen LogP contribution in [0.2, 0.25) is 0 Å². The molecule has 0 fully saturated rings. The molecule has 0 amide bonds. The van der Waals surface area contributed by atoms with E-state index in [1.165, 1.54) is 0 Å². The molecule has 4 N–H and O–H groups in total. The Kier molecular flexibility index (Phi) is 7.91. The Morgan fingerprint density at radius 3 is 2.49 bits per heavy atom. The number of nitrogen functional groups attached to an aromatic ring is 1. The van der Waals surface area contributed by atoms with Crippen LogP contribution in [-0.4, -0.2) is 47.3 Å². The summed E-state index contributed by atoms with van der Waals surface area (Å²) in [5.74, 6) is -3.17. The molecule has 4 rings (SSSR count). The van der Waals surface area contributed by atoms with Crippen LogP contribution in [0, 0.1) is 24.5 Å². The second kappa shape index (κ2) is 10.9. The molecule has 0 spiro atoms. The van der Waals surface area contributed by atoms with Gasteiger partial charge in [0.05, 0.1) is 17.4 Å². The highest BCUT2D eigenvalue weighted by atomic mass is 19.4. The quantitative estimate of drug-likeness (QED) is 0.292. The van der Waals surface area contributed by atoms with Gasteiger partial charge in [-0.3, -0.25) is 0 Å².